The summed E-state index contributed by atoms with van der Waals surface area (Å²) in [4.78, 5) is 3.97. The molecule has 0 radical (unpaired) electrons. The van der Waals surface area contributed by atoms with Crippen molar-refractivity contribution in [1.29, 1.82) is 0 Å². The second-order valence-corrected chi connectivity index (χ2v) is 4.79. The minimum absolute atomic E-state index is 0.185. The van der Waals surface area contributed by atoms with Crippen LogP contribution in [0.2, 0.25) is 0 Å². The third-order valence-electron chi connectivity index (χ3n) is 2.76. The van der Waals surface area contributed by atoms with E-state index in [4.69, 9.17) is 16.1 Å². The summed E-state index contributed by atoms with van der Waals surface area (Å²) < 4.78 is 32.5. The zero-order valence-corrected chi connectivity index (χ0v) is 11.3. The number of benzene rings is 1. The predicted octanol–water partition coefficient (Wildman–Crippen LogP) is 4.40. The van der Waals surface area contributed by atoms with Gasteiger partial charge in [0.05, 0.1) is 5.38 Å². The minimum atomic E-state index is -0.736. The van der Waals surface area contributed by atoms with Gasteiger partial charge in [-0.2, -0.15) is 4.98 Å². The first kappa shape index (κ1) is 13.9. The van der Waals surface area contributed by atoms with E-state index in [1.165, 1.54) is 19.1 Å². The normalized spacial score (nSPS) is 12.7. The van der Waals surface area contributed by atoms with Crippen LogP contribution in [-0.2, 0) is 0 Å². The minimum Gasteiger partial charge on any atom is -0.334 e. The van der Waals surface area contributed by atoms with Gasteiger partial charge in [0.25, 0.3) is 5.89 Å². The van der Waals surface area contributed by atoms with E-state index >= 15 is 0 Å². The molecule has 0 aliphatic rings. The molecule has 0 N–H and O–H groups in total. The van der Waals surface area contributed by atoms with Crippen LogP contribution >= 0.6 is 11.6 Å². The highest BCUT2D eigenvalue weighted by Gasteiger charge is 2.22. The van der Waals surface area contributed by atoms with Crippen LogP contribution in [0.3, 0.4) is 0 Å². The standard InChI is InChI=1S/C13H13ClF2N2O/c1-3-4-8(14)12-17-13(19-18-12)10-9(15)6-5-7(2)11(10)16/h5-6,8H,3-4H2,1-2H3. The van der Waals surface area contributed by atoms with Crippen LogP contribution in [0, 0.1) is 18.6 Å². The Hall–Kier alpha value is -1.49. The van der Waals surface area contributed by atoms with E-state index in [1.807, 2.05) is 6.92 Å². The second kappa shape index (κ2) is 5.65. The summed E-state index contributed by atoms with van der Waals surface area (Å²) in [5.74, 6) is -1.37. The Morgan fingerprint density at radius 1 is 1.37 bits per heavy atom. The molecule has 0 fully saturated rings. The largest absolute Gasteiger partial charge is 0.334 e. The van der Waals surface area contributed by atoms with Crippen LogP contribution < -0.4 is 0 Å². The summed E-state index contributed by atoms with van der Waals surface area (Å²) in [7, 11) is 0. The van der Waals surface area contributed by atoms with Gasteiger partial charge >= 0.3 is 0 Å². The number of alkyl halides is 1. The molecular weight excluding hydrogens is 274 g/mol. The van der Waals surface area contributed by atoms with E-state index in [0.29, 0.717) is 12.0 Å². The Balaban J connectivity index is 2.41. The van der Waals surface area contributed by atoms with Crippen LogP contribution in [0.5, 0.6) is 0 Å². The number of aryl methyl sites for hydroxylation is 1. The maximum atomic E-state index is 13.9. The van der Waals surface area contributed by atoms with Crippen molar-refractivity contribution in [1.82, 2.24) is 10.1 Å². The molecule has 0 bridgehead atoms. The molecule has 102 valence electrons. The van der Waals surface area contributed by atoms with Crippen LogP contribution in [-0.4, -0.2) is 10.1 Å². The smallest absolute Gasteiger partial charge is 0.263 e. The molecule has 1 aromatic heterocycles. The van der Waals surface area contributed by atoms with E-state index in [1.54, 1.807) is 0 Å². The molecule has 0 amide bonds. The quantitative estimate of drug-likeness (QED) is 0.782. The van der Waals surface area contributed by atoms with E-state index in [0.717, 1.165) is 6.42 Å². The molecule has 19 heavy (non-hydrogen) atoms. The summed E-state index contributed by atoms with van der Waals surface area (Å²) in [5, 5.41) is 3.25. The van der Waals surface area contributed by atoms with Gasteiger partial charge in [0.15, 0.2) is 5.82 Å². The number of hydrogen-bond acceptors (Lipinski definition) is 3. The number of hydrogen-bond donors (Lipinski definition) is 0. The topological polar surface area (TPSA) is 38.9 Å². The lowest BCUT2D eigenvalue weighted by Crippen LogP contribution is -1.95. The van der Waals surface area contributed by atoms with Crippen LogP contribution in [0.25, 0.3) is 11.5 Å². The Kier molecular flexibility index (Phi) is 4.14. The lowest BCUT2D eigenvalue weighted by atomic mass is 10.1. The molecule has 1 aromatic carbocycles. The fourth-order valence-electron chi connectivity index (χ4n) is 1.70. The van der Waals surface area contributed by atoms with Crippen LogP contribution in [0.4, 0.5) is 8.78 Å². The summed E-state index contributed by atoms with van der Waals surface area (Å²) in [5.41, 5.74) is 0.00578. The van der Waals surface area contributed by atoms with Crippen molar-refractivity contribution in [2.24, 2.45) is 0 Å². The van der Waals surface area contributed by atoms with Crippen molar-refractivity contribution in [2.45, 2.75) is 32.1 Å². The first-order chi connectivity index (χ1) is 9.04. The highest BCUT2D eigenvalue weighted by molar-refractivity contribution is 6.20. The lowest BCUT2D eigenvalue weighted by molar-refractivity contribution is 0.415. The van der Waals surface area contributed by atoms with Gasteiger partial charge in [0.2, 0.25) is 0 Å². The van der Waals surface area contributed by atoms with Crippen molar-refractivity contribution >= 4 is 11.6 Å². The SMILES string of the molecule is CCCC(Cl)c1noc(-c2c(F)ccc(C)c2F)n1. The van der Waals surface area contributed by atoms with Crippen LogP contribution in [0.1, 0.15) is 36.5 Å². The zero-order valence-electron chi connectivity index (χ0n) is 10.6. The predicted molar refractivity (Wildman–Crippen MR) is 67.9 cm³/mol. The maximum Gasteiger partial charge on any atom is 0.263 e. The molecule has 0 aliphatic heterocycles. The Bertz CT molecular complexity index is 586. The number of aromatic nitrogens is 2. The van der Waals surface area contributed by atoms with Gasteiger partial charge in [-0.05, 0) is 25.0 Å². The Morgan fingerprint density at radius 2 is 2.11 bits per heavy atom. The van der Waals surface area contributed by atoms with E-state index < -0.39 is 17.0 Å². The molecule has 1 heterocycles. The van der Waals surface area contributed by atoms with Gasteiger partial charge in [-0.15, -0.1) is 11.6 Å². The third-order valence-corrected chi connectivity index (χ3v) is 3.18. The van der Waals surface area contributed by atoms with E-state index in [2.05, 4.69) is 10.1 Å². The van der Waals surface area contributed by atoms with Crippen molar-refractivity contribution in [2.75, 3.05) is 0 Å². The molecule has 2 rings (SSSR count). The van der Waals surface area contributed by atoms with E-state index in [-0.39, 0.29) is 17.3 Å². The van der Waals surface area contributed by atoms with E-state index in [9.17, 15) is 8.78 Å². The monoisotopic (exact) mass is 286 g/mol. The Labute approximate surface area is 114 Å². The van der Waals surface area contributed by atoms with Gasteiger partial charge in [0, 0.05) is 0 Å². The van der Waals surface area contributed by atoms with Crippen LogP contribution in [0.15, 0.2) is 16.7 Å². The van der Waals surface area contributed by atoms with Gasteiger partial charge in [-0.3, -0.25) is 0 Å². The first-order valence-electron chi connectivity index (χ1n) is 5.97. The highest BCUT2D eigenvalue weighted by Crippen LogP contribution is 2.29. The second-order valence-electron chi connectivity index (χ2n) is 4.27. The summed E-state index contributed by atoms with van der Waals surface area (Å²) in [6.45, 7) is 3.51. The third kappa shape index (κ3) is 2.76. The number of nitrogens with zero attached hydrogens (tertiary/aromatic N) is 2. The summed E-state index contributed by atoms with van der Waals surface area (Å²) >= 11 is 6.05. The molecule has 1 unspecified atom stereocenters. The molecule has 6 heteroatoms. The van der Waals surface area contributed by atoms with Gasteiger partial charge in [0.1, 0.15) is 17.2 Å². The maximum absolute atomic E-state index is 13.9. The van der Waals surface area contributed by atoms with Gasteiger partial charge in [-0.1, -0.05) is 24.6 Å². The summed E-state index contributed by atoms with van der Waals surface area (Å²) in [6.07, 6.45) is 1.52. The van der Waals surface area contributed by atoms with Crippen molar-refractivity contribution in [3.8, 4) is 11.5 Å². The number of halogens is 3. The fourth-order valence-corrected chi connectivity index (χ4v) is 2.01. The molecular formula is C13H13ClF2N2O. The number of rotatable bonds is 4. The molecule has 1 atom stereocenters. The average molecular weight is 287 g/mol. The lowest BCUT2D eigenvalue weighted by Gasteiger charge is -2.02. The molecule has 0 saturated heterocycles. The van der Waals surface area contributed by atoms with Gasteiger partial charge in [-0.25, -0.2) is 8.78 Å². The van der Waals surface area contributed by atoms with Gasteiger partial charge < -0.3 is 4.52 Å². The van der Waals surface area contributed by atoms with Crippen molar-refractivity contribution < 1.29 is 13.3 Å². The molecule has 0 spiro atoms. The van der Waals surface area contributed by atoms with Crippen molar-refractivity contribution in [3.63, 3.8) is 0 Å². The molecule has 0 aliphatic carbocycles. The molecule has 3 nitrogen and oxygen atoms in total. The summed E-state index contributed by atoms with van der Waals surface area (Å²) in [6, 6.07) is 2.52. The van der Waals surface area contributed by atoms with Crippen molar-refractivity contribution in [3.05, 3.63) is 35.2 Å². The first-order valence-corrected chi connectivity index (χ1v) is 6.40. The molecule has 0 saturated carbocycles. The zero-order chi connectivity index (χ0) is 14.0. The molecule has 2 aromatic rings. The fraction of sp³-hybridized carbons (Fsp3) is 0.385. The average Bonchev–Trinajstić information content (AvgIpc) is 2.84. The Morgan fingerprint density at radius 3 is 2.79 bits per heavy atom. The highest BCUT2D eigenvalue weighted by atomic mass is 35.5.